The van der Waals surface area contributed by atoms with Gasteiger partial charge in [0.15, 0.2) is 5.78 Å². The van der Waals surface area contributed by atoms with Crippen LogP contribution in [0, 0.1) is 18.3 Å². The molecule has 0 atom stereocenters. The second-order valence-electron chi connectivity index (χ2n) is 8.19. The average molecular weight is 431 g/mol. The summed E-state index contributed by atoms with van der Waals surface area (Å²) in [4.78, 5) is 21.9. The van der Waals surface area contributed by atoms with Crippen molar-refractivity contribution in [1.82, 2.24) is 14.8 Å². The highest BCUT2D eigenvalue weighted by Gasteiger charge is 2.24. The van der Waals surface area contributed by atoms with Gasteiger partial charge in [-0.15, -0.1) is 0 Å². The SMILES string of the molecule is Cc1cc2c(cc1-c1cccnc1)CN=C2C(=O)Cc1cnn(Cc2cccc(C#N)c2)c1. The molecule has 0 N–H and O–H groups in total. The fourth-order valence-electron chi connectivity index (χ4n) is 4.20. The summed E-state index contributed by atoms with van der Waals surface area (Å²) < 4.78 is 1.79. The lowest BCUT2D eigenvalue weighted by Crippen LogP contribution is -2.16. The van der Waals surface area contributed by atoms with Gasteiger partial charge >= 0.3 is 0 Å². The van der Waals surface area contributed by atoms with E-state index in [2.05, 4.69) is 33.3 Å². The minimum absolute atomic E-state index is 0.00620. The fourth-order valence-corrected chi connectivity index (χ4v) is 4.20. The van der Waals surface area contributed by atoms with Gasteiger partial charge in [-0.25, -0.2) is 0 Å². The third-order valence-electron chi connectivity index (χ3n) is 5.80. The maximum atomic E-state index is 13.1. The number of aliphatic imine (C=N–C) groups is 1. The van der Waals surface area contributed by atoms with Crippen molar-refractivity contribution in [2.75, 3.05) is 0 Å². The second kappa shape index (κ2) is 8.64. The minimum atomic E-state index is -0.00620. The predicted molar refractivity (Wildman–Crippen MR) is 126 cm³/mol. The smallest absolute Gasteiger partial charge is 0.185 e. The summed E-state index contributed by atoms with van der Waals surface area (Å²) >= 11 is 0. The number of carbonyl (C=O) groups excluding carboxylic acids is 1. The predicted octanol–water partition coefficient (Wildman–Crippen LogP) is 4.29. The van der Waals surface area contributed by atoms with Crippen molar-refractivity contribution in [3.05, 3.63) is 107 Å². The van der Waals surface area contributed by atoms with Gasteiger partial charge in [0, 0.05) is 36.1 Å². The van der Waals surface area contributed by atoms with Gasteiger partial charge in [-0.05, 0) is 65.1 Å². The number of carbonyl (C=O) groups is 1. The van der Waals surface area contributed by atoms with Crippen LogP contribution in [0.3, 0.4) is 0 Å². The molecular weight excluding hydrogens is 410 g/mol. The van der Waals surface area contributed by atoms with Gasteiger partial charge in [0.25, 0.3) is 0 Å². The molecule has 0 radical (unpaired) electrons. The molecule has 5 rings (SSSR count). The number of Topliss-reactive ketones (excluding diaryl/α,β-unsaturated/α-hetero) is 1. The Kier molecular flexibility index (Phi) is 5.37. The van der Waals surface area contributed by atoms with Crippen molar-refractivity contribution < 1.29 is 4.79 Å². The summed E-state index contributed by atoms with van der Waals surface area (Å²) in [6.07, 6.45) is 7.46. The van der Waals surface area contributed by atoms with Crippen LogP contribution in [0.15, 0.2) is 78.3 Å². The summed E-state index contributed by atoms with van der Waals surface area (Å²) in [6, 6.07) is 17.7. The van der Waals surface area contributed by atoms with E-state index >= 15 is 0 Å². The summed E-state index contributed by atoms with van der Waals surface area (Å²) in [7, 11) is 0. The Morgan fingerprint density at radius 1 is 1.09 bits per heavy atom. The van der Waals surface area contributed by atoms with E-state index in [0.717, 1.165) is 38.9 Å². The quantitative estimate of drug-likeness (QED) is 0.456. The number of ketones is 1. The van der Waals surface area contributed by atoms with E-state index < -0.39 is 0 Å². The number of nitrogens with zero attached hydrogens (tertiary/aromatic N) is 5. The van der Waals surface area contributed by atoms with E-state index in [1.165, 1.54) is 0 Å². The number of nitriles is 1. The van der Waals surface area contributed by atoms with Gasteiger partial charge < -0.3 is 0 Å². The van der Waals surface area contributed by atoms with Gasteiger partial charge in [-0.2, -0.15) is 10.4 Å². The second-order valence-corrected chi connectivity index (χ2v) is 8.19. The zero-order valence-electron chi connectivity index (χ0n) is 18.2. The number of fused-ring (bicyclic) bond motifs is 1. The number of aromatic nitrogens is 3. The molecule has 6 heteroatoms. The van der Waals surface area contributed by atoms with Crippen molar-refractivity contribution in [2.24, 2.45) is 4.99 Å². The highest BCUT2D eigenvalue weighted by atomic mass is 16.1. The lowest BCUT2D eigenvalue weighted by molar-refractivity contribution is -0.112. The Morgan fingerprint density at radius 3 is 2.82 bits per heavy atom. The molecule has 1 aliphatic heterocycles. The Hall–Kier alpha value is -4.37. The molecule has 0 saturated heterocycles. The zero-order valence-corrected chi connectivity index (χ0v) is 18.2. The van der Waals surface area contributed by atoms with E-state index in [0.29, 0.717) is 24.4 Å². The maximum Gasteiger partial charge on any atom is 0.185 e. The molecule has 2 aromatic heterocycles. The van der Waals surface area contributed by atoms with Crippen molar-refractivity contribution >= 4 is 11.5 Å². The first-order valence-corrected chi connectivity index (χ1v) is 10.7. The van der Waals surface area contributed by atoms with Crippen LogP contribution in [0.2, 0.25) is 0 Å². The lowest BCUT2D eigenvalue weighted by atomic mass is 9.93. The third kappa shape index (κ3) is 4.21. The summed E-state index contributed by atoms with van der Waals surface area (Å²) in [5.41, 5.74) is 8.26. The monoisotopic (exact) mass is 431 g/mol. The molecule has 1 aliphatic rings. The summed E-state index contributed by atoms with van der Waals surface area (Å²) in [5, 5.41) is 13.5. The highest BCUT2D eigenvalue weighted by molar-refractivity contribution is 6.47. The molecule has 0 unspecified atom stereocenters. The summed E-state index contributed by atoms with van der Waals surface area (Å²) in [5.74, 6) is -0.00620. The third-order valence-corrected chi connectivity index (χ3v) is 5.80. The van der Waals surface area contributed by atoms with Crippen LogP contribution in [-0.4, -0.2) is 26.3 Å². The van der Waals surface area contributed by atoms with Crippen LogP contribution in [0.1, 0.15) is 33.4 Å². The van der Waals surface area contributed by atoms with E-state index in [4.69, 9.17) is 5.26 Å². The first-order chi connectivity index (χ1) is 16.1. The van der Waals surface area contributed by atoms with Crippen molar-refractivity contribution in [2.45, 2.75) is 26.4 Å². The van der Waals surface area contributed by atoms with Crippen molar-refractivity contribution in [1.29, 1.82) is 5.26 Å². The molecule has 2 aromatic carbocycles. The molecule has 0 fully saturated rings. The van der Waals surface area contributed by atoms with Gasteiger partial charge in [0.2, 0.25) is 0 Å². The Balaban J connectivity index is 1.31. The van der Waals surface area contributed by atoms with Gasteiger partial charge in [0.05, 0.1) is 30.9 Å². The Bertz CT molecular complexity index is 1430. The number of pyridine rings is 1. The van der Waals surface area contributed by atoms with Crippen LogP contribution in [0.4, 0.5) is 0 Å². The molecule has 0 saturated carbocycles. The highest BCUT2D eigenvalue weighted by Crippen LogP contribution is 2.30. The minimum Gasteiger partial charge on any atom is -0.292 e. The zero-order chi connectivity index (χ0) is 22.8. The number of hydrogen-bond donors (Lipinski definition) is 0. The van der Waals surface area contributed by atoms with Gasteiger partial charge in [0.1, 0.15) is 5.71 Å². The topological polar surface area (TPSA) is 83.9 Å². The average Bonchev–Trinajstić information content (AvgIpc) is 3.45. The van der Waals surface area contributed by atoms with Crippen molar-refractivity contribution in [3.8, 4) is 17.2 Å². The largest absolute Gasteiger partial charge is 0.292 e. The maximum absolute atomic E-state index is 13.1. The normalized spacial score (nSPS) is 12.2. The molecule has 0 spiro atoms. The molecule has 0 bridgehead atoms. The van der Waals surface area contributed by atoms with Crippen LogP contribution >= 0.6 is 0 Å². The number of rotatable bonds is 6. The van der Waals surface area contributed by atoms with E-state index in [9.17, 15) is 4.79 Å². The number of benzene rings is 2. The van der Waals surface area contributed by atoms with Crippen LogP contribution in [0.25, 0.3) is 11.1 Å². The standard InChI is InChI=1S/C27H21N5O/c1-18-8-25-23(11-24(18)22-6-3-7-29-14-22)15-30-27(25)26(33)10-21-13-31-32(17-21)16-20-5-2-4-19(9-20)12-28/h2-9,11,13-14,17H,10,15-16H2,1H3. The molecule has 160 valence electrons. The van der Waals surface area contributed by atoms with Crippen LogP contribution in [-0.2, 0) is 24.3 Å². The van der Waals surface area contributed by atoms with Crippen LogP contribution in [0.5, 0.6) is 0 Å². The molecule has 6 nitrogen and oxygen atoms in total. The molecule has 0 amide bonds. The molecular formula is C27H21N5O. The van der Waals surface area contributed by atoms with E-state index in [1.807, 2.05) is 49.6 Å². The number of hydrogen-bond acceptors (Lipinski definition) is 5. The molecule has 4 aromatic rings. The van der Waals surface area contributed by atoms with Gasteiger partial charge in [-0.3, -0.25) is 19.5 Å². The number of aryl methyl sites for hydroxylation is 1. The molecule has 0 aliphatic carbocycles. The summed E-state index contributed by atoms with van der Waals surface area (Å²) in [6.45, 7) is 3.11. The van der Waals surface area contributed by atoms with E-state index in [-0.39, 0.29) is 12.2 Å². The molecule has 3 heterocycles. The first-order valence-electron chi connectivity index (χ1n) is 10.7. The first kappa shape index (κ1) is 20.5. The van der Waals surface area contributed by atoms with E-state index in [1.54, 1.807) is 23.1 Å². The molecule has 33 heavy (non-hydrogen) atoms. The lowest BCUT2D eigenvalue weighted by Gasteiger charge is -2.10. The Labute approximate surface area is 191 Å². The van der Waals surface area contributed by atoms with Gasteiger partial charge in [-0.1, -0.05) is 18.2 Å². The van der Waals surface area contributed by atoms with Crippen molar-refractivity contribution in [3.63, 3.8) is 0 Å². The van der Waals surface area contributed by atoms with Crippen LogP contribution < -0.4 is 0 Å². The fraction of sp³-hybridized carbons (Fsp3) is 0.148. The Morgan fingerprint density at radius 2 is 2.00 bits per heavy atom.